The summed E-state index contributed by atoms with van der Waals surface area (Å²) >= 11 is 0. The first-order valence-electron chi connectivity index (χ1n) is 11.2. The van der Waals surface area contributed by atoms with Gasteiger partial charge in [-0.05, 0) is 77.1 Å². The minimum absolute atomic E-state index is 0.328. The Morgan fingerprint density at radius 1 is 0.871 bits per heavy atom. The second kappa shape index (κ2) is 9.38. The van der Waals surface area contributed by atoms with E-state index in [9.17, 15) is 4.79 Å². The zero-order chi connectivity index (χ0) is 21.8. The minimum Gasteiger partial charge on any atom is -0.482 e. The number of aliphatic carboxylic acids is 1. The third-order valence-corrected chi connectivity index (χ3v) is 6.49. The zero-order valence-electron chi connectivity index (χ0n) is 18.3. The van der Waals surface area contributed by atoms with Crippen molar-refractivity contribution in [3.8, 4) is 28.0 Å². The minimum atomic E-state index is -0.975. The standard InChI is InChI=1S/C28H30O3/c1-19-3-5-21(6-4-19)22-7-9-23(10-8-22)25-13-16-27(20(2)17-25)24-11-14-26(15-12-24)31-18-28(29)30/h7-17,19,21H,3-6,18H2,1-2H3,(H,29,30). The number of aryl methyl sites for hydroxylation is 1. The van der Waals surface area contributed by atoms with Gasteiger partial charge in [0.15, 0.2) is 6.61 Å². The summed E-state index contributed by atoms with van der Waals surface area (Å²) in [5, 5.41) is 8.73. The maximum atomic E-state index is 10.6. The van der Waals surface area contributed by atoms with E-state index in [1.807, 2.05) is 24.3 Å². The smallest absolute Gasteiger partial charge is 0.341 e. The van der Waals surface area contributed by atoms with Crippen LogP contribution in [0.25, 0.3) is 22.3 Å². The average Bonchev–Trinajstić information content (AvgIpc) is 2.79. The van der Waals surface area contributed by atoms with Crippen LogP contribution in [-0.2, 0) is 4.79 Å². The largest absolute Gasteiger partial charge is 0.482 e. The number of carbonyl (C=O) groups is 1. The van der Waals surface area contributed by atoms with Gasteiger partial charge in [0, 0.05) is 0 Å². The second-order valence-corrected chi connectivity index (χ2v) is 8.82. The molecule has 31 heavy (non-hydrogen) atoms. The van der Waals surface area contributed by atoms with Crippen molar-refractivity contribution in [2.24, 2.45) is 5.92 Å². The molecular weight excluding hydrogens is 384 g/mol. The third kappa shape index (κ3) is 5.16. The molecule has 1 aliphatic rings. The fourth-order valence-electron chi connectivity index (χ4n) is 4.58. The summed E-state index contributed by atoms with van der Waals surface area (Å²) in [4.78, 5) is 10.6. The van der Waals surface area contributed by atoms with Crippen LogP contribution in [0.1, 0.15) is 49.7 Å². The van der Waals surface area contributed by atoms with Crippen molar-refractivity contribution < 1.29 is 14.6 Å². The van der Waals surface area contributed by atoms with E-state index in [1.165, 1.54) is 53.5 Å². The molecule has 0 aliphatic heterocycles. The molecule has 160 valence electrons. The molecule has 0 atom stereocenters. The highest BCUT2D eigenvalue weighted by molar-refractivity contribution is 5.74. The molecule has 3 aromatic carbocycles. The maximum absolute atomic E-state index is 10.6. The highest BCUT2D eigenvalue weighted by Gasteiger charge is 2.19. The van der Waals surface area contributed by atoms with Crippen molar-refractivity contribution in [3.63, 3.8) is 0 Å². The molecule has 0 saturated heterocycles. The number of carboxylic acids is 1. The van der Waals surface area contributed by atoms with Gasteiger partial charge in [0.2, 0.25) is 0 Å². The van der Waals surface area contributed by atoms with Gasteiger partial charge in [-0.1, -0.05) is 74.4 Å². The van der Waals surface area contributed by atoms with Crippen LogP contribution in [0.15, 0.2) is 66.7 Å². The topological polar surface area (TPSA) is 46.5 Å². The molecule has 1 saturated carbocycles. The van der Waals surface area contributed by atoms with Crippen LogP contribution in [0.3, 0.4) is 0 Å². The van der Waals surface area contributed by atoms with E-state index in [4.69, 9.17) is 9.84 Å². The molecule has 0 heterocycles. The lowest BCUT2D eigenvalue weighted by Gasteiger charge is -2.26. The molecular formula is C28H30O3. The molecule has 3 heteroatoms. The summed E-state index contributed by atoms with van der Waals surface area (Å²) in [6, 6.07) is 23.3. The molecule has 1 fully saturated rings. The normalized spacial score (nSPS) is 18.5. The average molecular weight is 415 g/mol. The predicted molar refractivity (Wildman–Crippen MR) is 126 cm³/mol. The Bertz CT molecular complexity index is 1030. The van der Waals surface area contributed by atoms with Gasteiger partial charge in [-0.2, -0.15) is 0 Å². The molecule has 4 rings (SSSR count). The molecule has 3 aromatic rings. The zero-order valence-corrected chi connectivity index (χ0v) is 18.3. The van der Waals surface area contributed by atoms with Gasteiger partial charge in [-0.25, -0.2) is 4.79 Å². The van der Waals surface area contributed by atoms with E-state index in [-0.39, 0.29) is 6.61 Å². The monoisotopic (exact) mass is 414 g/mol. The number of ether oxygens (including phenoxy) is 1. The Hall–Kier alpha value is -3.07. The Morgan fingerprint density at radius 3 is 2.10 bits per heavy atom. The van der Waals surface area contributed by atoms with Gasteiger partial charge in [0.05, 0.1) is 0 Å². The summed E-state index contributed by atoms with van der Waals surface area (Å²) < 4.78 is 5.22. The summed E-state index contributed by atoms with van der Waals surface area (Å²) in [6.07, 6.45) is 5.32. The summed E-state index contributed by atoms with van der Waals surface area (Å²) in [5.41, 5.74) is 7.43. The van der Waals surface area contributed by atoms with Crippen LogP contribution in [0.5, 0.6) is 5.75 Å². The van der Waals surface area contributed by atoms with Gasteiger partial charge in [0.1, 0.15) is 5.75 Å². The predicted octanol–water partition coefficient (Wildman–Crippen LogP) is 7.09. The van der Waals surface area contributed by atoms with E-state index in [0.717, 1.165) is 17.4 Å². The third-order valence-electron chi connectivity index (χ3n) is 6.49. The van der Waals surface area contributed by atoms with Gasteiger partial charge in [-0.15, -0.1) is 0 Å². The number of hydrogen-bond donors (Lipinski definition) is 1. The quantitative estimate of drug-likeness (QED) is 0.468. The van der Waals surface area contributed by atoms with Gasteiger partial charge in [0.25, 0.3) is 0 Å². The molecule has 0 bridgehead atoms. The maximum Gasteiger partial charge on any atom is 0.341 e. The van der Waals surface area contributed by atoms with Crippen molar-refractivity contribution in [1.82, 2.24) is 0 Å². The van der Waals surface area contributed by atoms with E-state index >= 15 is 0 Å². The molecule has 3 nitrogen and oxygen atoms in total. The van der Waals surface area contributed by atoms with E-state index in [2.05, 4.69) is 56.3 Å². The first-order valence-corrected chi connectivity index (χ1v) is 11.2. The van der Waals surface area contributed by atoms with Gasteiger partial charge in [-0.3, -0.25) is 0 Å². The Balaban J connectivity index is 1.48. The van der Waals surface area contributed by atoms with Crippen LogP contribution in [0.4, 0.5) is 0 Å². The SMILES string of the molecule is Cc1cc(-c2ccc(C3CCC(C)CC3)cc2)ccc1-c1ccc(OCC(=O)O)cc1. The molecule has 0 unspecified atom stereocenters. The summed E-state index contributed by atoms with van der Waals surface area (Å²) in [5.74, 6) is 1.19. The highest BCUT2D eigenvalue weighted by Crippen LogP contribution is 2.36. The molecule has 0 radical (unpaired) electrons. The molecule has 0 aromatic heterocycles. The second-order valence-electron chi connectivity index (χ2n) is 8.82. The van der Waals surface area contributed by atoms with Gasteiger partial charge >= 0.3 is 5.97 Å². The van der Waals surface area contributed by atoms with Crippen molar-refractivity contribution in [1.29, 1.82) is 0 Å². The lowest BCUT2D eigenvalue weighted by molar-refractivity contribution is -0.139. The Kier molecular flexibility index (Phi) is 6.41. The molecule has 0 spiro atoms. The van der Waals surface area contributed by atoms with Crippen LogP contribution in [0, 0.1) is 12.8 Å². The van der Waals surface area contributed by atoms with Crippen LogP contribution in [0.2, 0.25) is 0 Å². The Labute approximate surface area is 184 Å². The van der Waals surface area contributed by atoms with Crippen molar-refractivity contribution in [3.05, 3.63) is 77.9 Å². The first-order chi connectivity index (χ1) is 15.0. The van der Waals surface area contributed by atoms with E-state index in [0.29, 0.717) is 5.75 Å². The van der Waals surface area contributed by atoms with E-state index in [1.54, 1.807) is 0 Å². The van der Waals surface area contributed by atoms with Crippen LogP contribution in [-0.4, -0.2) is 17.7 Å². The van der Waals surface area contributed by atoms with Crippen LogP contribution < -0.4 is 4.74 Å². The van der Waals surface area contributed by atoms with Gasteiger partial charge < -0.3 is 9.84 Å². The number of rotatable bonds is 6. The van der Waals surface area contributed by atoms with Crippen molar-refractivity contribution >= 4 is 5.97 Å². The molecule has 1 aliphatic carbocycles. The van der Waals surface area contributed by atoms with Crippen molar-refractivity contribution in [2.45, 2.75) is 45.4 Å². The number of benzene rings is 3. The lowest BCUT2D eigenvalue weighted by Crippen LogP contribution is -2.10. The highest BCUT2D eigenvalue weighted by atomic mass is 16.5. The fourth-order valence-corrected chi connectivity index (χ4v) is 4.58. The molecule has 1 N–H and O–H groups in total. The fraction of sp³-hybridized carbons (Fsp3) is 0.321. The van der Waals surface area contributed by atoms with Crippen LogP contribution >= 0.6 is 0 Å². The lowest BCUT2D eigenvalue weighted by atomic mass is 9.79. The van der Waals surface area contributed by atoms with E-state index < -0.39 is 5.97 Å². The summed E-state index contributed by atoms with van der Waals surface area (Å²) in [7, 11) is 0. The van der Waals surface area contributed by atoms with Crippen molar-refractivity contribution in [2.75, 3.05) is 6.61 Å². The Morgan fingerprint density at radius 2 is 1.48 bits per heavy atom. The molecule has 0 amide bonds. The number of carboxylic acid groups (broad SMARTS) is 1. The first kappa shape index (κ1) is 21.2. The number of hydrogen-bond acceptors (Lipinski definition) is 2. The summed E-state index contributed by atoms with van der Waals surface area (Å²) in [6.45, 7) is 4.17.